The normalized spacial score (nSPS) is 16.6. The number of fused-ring (bicyclic) bond motifs is 1. The minimum absolute atomic E-state index is 0.0812. The van der Waals surface area contributed by atoms with E-state index in [1.807, 2.05) is 19.0 Å². The molecule has 1 unspecified atom stereocenters. The molecule has 10 heteroatoms. The zero-order valence-electron chi connectivity index (χ0n) is 20.8. The van der Waals surface area contributed by atoms with Gasteiger partial charge in [-0.2, -0.15) is 13.9 Å². The Balaban J connectivity index is 1.51. The van der Waals surface area contributed by atoms with Crippen LogP contribution in [0.5, 0.6) is 0 Å². The summed E-state index contributed by atoms with van der Waals surface area (Å²) in [6.07, 6.45) is 3.06. The molecule has 1 aliphatic heterocycles. The van der Waals surface area contributed by atoms with Crippen LogP contribution in [-0.2, 0) is 12.5 Å². The standard InChI is InChI=1S/C27H29F3N6O/c1-34(2)15-16-35-17-20(18-10-12-19(28)13-11-18)24(33-35)25(37)36-14-6-5-9-23(36)27(29,30)26-31-21-7-3-4-8-22(21)32-26/h3-4,7-8,10-13,17,23H,5-6,9,14-16H2,1-2H3,(H,31,32). The van der Waals surface area contributed by atoms with Gasteiger partial charge < -0.3 is 14.8 Å². The van der Waals surface area contributed by atoms with Gasteiger partial charge in [-0.25, -0.2) is 9.37 Å². The first-order valence-corrected chi connectivity index (χ1v) is 12.4. The molecule has 1 aliphatic rings. The van der Waals surface area contributed by atoms with Crippen molar-refractivity contribution in [2.75, 3.05) is 27.2 Å². The fourth-order valence-electron chi connectivity index (χ4n) is 4.79. The number of H-pyrrole nitrogens is 1. The number of likely N-dealkylation sites (tertiary alicyclic amines) is 1. The molecular weight excluding hydrogens is 481 g/mol. The third kappa shape index (κ3) is 4.98. The fraction of sp³-hybridized carbons (Fsp3) is 0.370. The van der Waals surface area contributed by atoms with E-state index in [9.17, 15) is 9.18 Å². The highest BCUT2D eigenvalue weighted by molar-refractivity contribution is 5.99. The van der Waals surface area contributed by atoms with Crippen molar-refractivity contribution in [1.29, 1.82) is 0 Å². The highest BCUT2D eigenvalue weighted by Crippen LogP contribution is 2.39. The van der Waals surface area contributed by atoms with Crippen LogP contribution in [0.4, 0.5) is 13.2 Å². The number of likely N-dealkylation sites (N-methyl/N-ethyl adjacent to an activating group) is 1. The van der Waals surface area contributed by atoms with E-state index in [4.69, 9.17) is 0 Å². The monoisotopic (exact) mass is 510 g/mol. The second kappa shape index (κ2) is 10.0. The molecule has 1 amide bonds. The third-order valence-electron chi connectivity index (χ3n) is 6.78. The van der Waals surface area contributed by atoms with E-state index >= 15 is 8.78 Å². The Morgan fingerprint density at radius 3 is 2.62 bits per heavy atom. The Bertz CT molecular complexity index is 1360. The van der Waals surface area contributed by atoms with Crippen molar-refractivity contribution in [2.24, 2.45) is 0 Å². The van der Waals surface area contributed by atoms with Crippen molar-refractivity contribution in [3.05, 3.63) is 72.1 Å². The molecule has 0 saturated carbocycles. The van der Waals surface area contributed by atoms with Gasteiger partial charge in [-0.05, 0) is 63.2 Å². The molecular formula is C27H29F3N6O. The van der Waals surface area contributed by atoms with E-state index in [-0.39, 0.29) is 18.7 Å². The van der Waals surface area contributed by atoms with E-state index in [1.165, 1.54) is 17.0 Å². The number of para-hydroxylation sites is 2. The number of nitrogens with zero attached hydrogens (tertiary/aromatic N) is 5. The Hall–Kier alpha value is -3.66. The van der Waals surface area contributed by atoms with Gasteiger partial charge in [0.15, 0.2) is 11.5 Å². The molecule has 2 aromatic heterocycles. The topological polar surface area (TPSA) is 70.1 Å². The molecule has 1 atom stereocenters. The Morgan fingerprint density at radius 1 is 1.14 bits per heavy atom. The number of halogens is 3. The zero-order chi connectivity index (χ0) is 26.2. The van der Waals surface area contributed by atoms with Crippen LogP contribution >= 0.6 is 0 Å². The molecule has 194 valence electrons. The second-order valence-electron chi connectivity index (χ2n) is 9.70. The number of carbonyl (C=O) groups excluding carboxylic acids is 1. The number of piperidine rings is 1. The molecule has 1 N–H and O–H groups in total. The molecule has 5 rings (SSSR count). The van der Waals surface area contributed by atoms with Crippen molar-refractivity contribution in [2.45, 2.75) is 37.8 Å². The number of rotatable bonds is 7. The molecule has 1 saturated heterocycles. The van der Waals surface area contributed by atoms with Gasteiger partial charge in [0.1, 0.15) is 11.9 Å². The van der Waals surface area contributed by atoms with Crippen LogP contribution < -0.4 is 0 Å². The number of alkyl halides is 2. The van der Waals surface area contributed by atoms with Gasteiger partial charge in [0.05, 0.1) is 17.6 Å². The molecule has 2 aromatic carbocycles. The minimum Gasteiger partial charge on any atom is -0.337 e. The average Bonchev–Trinajstić information content (AvgIpc) is 3.53. The third-order valence-corrected chi connectivity index (χ3v) is 6.78. The summed E-state index contributed by atoms with van der Waals surface area (Å²) in [6.45, 7) is 1.37. The lowest BCUT2D eigenvalue weighted by Gasteiger charge is -2.39. The van der Waals surface area contributed by atoms with Crippen molar-refractivity contribution in [1.82, 2.24) is 29.5 Å². The smallest absolute Gasteiger partial charge is 0.324 e. The van der Waals surface area contributed by atoms with E-state index in [0.29, 0.717) is 48.1 Å². The van der Waals surface area contributed by atoms with E-state index in [0.717, 1.165) is 0 Å². The summed E-state index contributed by atoms with van der Waals surface area (Å²) in [6, 6.07) is 11.2. The molecule has 1 fully saturated rings. The number of aromatic amines is 1. The first-order chi connectivity index (χ1) is 17.7. The average molecular weight is 511 g/mol. The first kappa shape index (κ1) is 25.0. The number of amides is 1. The largest absolute Gasteiger partial charge is 0.337 e. The van der Waals surface area contributed by atoms with Crippen LogP contribution in [0.15, 0.2) is 54.7 Å². The Morgan fingerprint density at radius 2 is 1.89 bits per heavy atom. The van der Waals surface area contributed by atoms with Crippen LogP contribution in [0, 0.1) is 5.82 Å². The Labute approximate surface area is 212 Å². The molecule has 0 spiro atoms. The first-order valence-electron chi connectivity index (χ1n) is 12.4. The summed E-state index contributed by atoms with van der Waals surface area (Å²) in [5, 5.41) is 4.52. The zero-order valence-corrected chi connectivity index (χ0v) is 20.8. The summed E-state index contributed by atoms with van der Waals surface area (Å²) in [5.74, 6) is -4.81. The predicted octanol–water partition coefficient (Wildman–Crippen LogP) is 4.91. The van der Waals surface area contributed by atoms with Crippen molar-refractivity contribution in [3.8, 4) is 11.1 Å². The quantitative estimate of drug-likeness (QED) is 0.384. The summed E-state index contributed by atoms with van der Waals surface area (Å²) in [4.78, 5) is 24.0. The number of hydrogen-bond donors (Lipinski definition) is 1. The van der Waals surface area contributed by atoms with Gasteiger partial charge in [-0.1, -0.05) is 24.3 Å². The van der Waals surface area contributed by atoms with Gasteiger partial charge in [0.2, 0.25) is 0 Å². The van der Waals surface area contributed by atoms with E-state index in [2.05, 4.69) is 15.1 Å². The number of imidazole rings is 1. The SMILES string of the molecule is CN(C)CCn1cc(-c2ccc(F)cc2)c(C(=O)N2CCCCC2C(F)(F)c2nc3ccccc3[nH]2)n1. The van der Waals surface area contributed by atoms with Gasteiger partial charge in [-0.15, -0.1) is 0 Å². The van der Waals surface area contributed by atoms with Crippen LogP contribution in [-0.4, -0.2) is 68.7 Å². The highest BCUT2D eigenvalue weighted by atomic mass is 19.3. The van der Waals surface area contributed by atoms with Crippen molar-refractivity contribution < 1.29 is 18.0 Å². The molecule has 7 nitrogen and oxygen atoms in total. The summed E-state index contributed by atoms with van der Waals surface area (Å²) >= 11 is 0. The summed E-state index contributed by atoms with van der Waals surface area (Å²) in [7, 11) is 3.85. The summed E-state index contributed by atoms with van der Waals surface area (Å²) < 4.78 is 47.1. The van der Waals surface area contributed by atoms with Gasteiger partial charge >= 0.3 is 5.92 Å². The molecule has 0 radical (unpaired) electrons. The predicted molar refractivity (Wildman–Crippen MR) is 135 cm³/mol. The maximum Gasteiger partial charge on any atom is 0.324 e. The maximum atomic E-state index is 15.9. The molecule has 37 heavy (non-hydrogen) atoms. The van der Waals surface area contributed by atoms with Gasteiger partial charge in [0.25, 0.3) is 5.91 Å². The highest BCUT2D eigenvalue weighted by Gasteiger charge is 2.50. The minimum atomic E-state index is -3.39. The second-order valence-corrected chi connectivity index (χ2v) is 9.70. The van der Waals surface area contributed by atoms with Crippen LogP contribution in [0.25, 0.3) is 22.2 Å². The van der Waals surface area contributed by atoms with Crippen LogP contribution in [0.2, 0.25) is 0 Å². The van der Waals surface area contributed by atoms with Crippen LogP contribution in [0.1, 0.15) is 35.6 Å². The number of hydrogen-bond acceptors (Lipinski definition) is 4. The molecule has 4 aromatic rings. The molecule has 3 heterocycles. The summed E-state index contributed by atoms with van der Waals surface area (Å²) in [5.41, 5.74) is 2.13. The van der Waals surface area contributed by atoms with E-state index in [1.54, 1.807) is 47.3 Å². The number of aromatic nitrogens is 4. The lowest BCUT2D eigenvalue weighted by Crippen LogP contribution is -2.52. The van der Waals surface area contributed by atoms with Gasteiger partial charge in [-0.3, -0.25) is 9.48 Å². The number of carbonyl (C=O) groups is 1. The van der Waals surface area contributed by atoms with Crippen molar-refractivity contribution >= 4 is 16.9 Å². The Kier molecular flexibility index (Phi) is 6.76. The lowest BCUT2D eigenvalue weighted by atomic mass is 9.95. The van der Waals surface area contributed by atoms with Crippen molar-refractivity contribution in [3.63, 3.8) is 0 Å². The number of nitrogens with one attached hydrogen (secondary N) is 1. The van der Waals surface area contributed by atoms with Crippen LogP contribution in [0.3, 0.4) is 0 Å². The lowest BCUT2D eigenvalue weighted by molar-refractivity contribution is -0.0959. The van der Waals surface area contributed by atoms with Gasteiger partial charge in [0, 0.05) is 24.8 Å². The molecule has 0 bridgehead atoms. The molecule has 0 aliphatic carbocycles. The maximum absolute atomic E-state index is 15.9. The fourth-order valence-corrected chi connectivity index (χ4v) is 4.79. The van der Waals surface area contributed by atoms with E-state index < -0.39 is 29.5 Å². The number of benzene rings is 2.